The zero-order valence-electron chi connectivity index (χ0n) is 10.1. The SMILES string of the molecule is CCOC(=O)C[C@H](N)C(=O)c1ccc(C)cc1. The highest BCUT2D eigenvalue weighted by molar-refractivity contribution is 6.01. The van der Waals surface area contributed by atoms with Gasteiger partial charge in [0.1, 0.15) is 0 Å². The van der Waals surface area contributed by atoms with Crippen molar-refractivity contribution in [2.45, 2.75) is 26.3 Å². The fraction of sp³-hybridized carbons (Fsp3) is 0.385. The van der Waals surface area contributed by atoms with Crippen LogP contribution >= 0.6 is 0 Å². The second-order valence-corrected chi connectivity index (χ2v) is 3.85. The fourth-order valence-electron chi connectivity index (χ4n) is 1.42. The van der Waals surface area contributed by atoms with E-state index in [2.05, 4.69) is 0 Å². The smallest absolute Gasteiger partial charge is 0.307 e. The van der Waals surface area contributed by atoms with Gasteiger partial charge in [-0.2, -0.15) is 0 Å². The van der Waals surface area contributed by atoms with Crippen molar-refractivity contribution in [2.24, 2.45) is 5.73 Å². The minimum absolute atomic E-state index is 0.0828. The number of carbonyl (C=O) groups is 2. The van der Waals surface area contributed by atoms with Gasteiger partial charge < -0.3 is 10.5 Å². The molecule has 17 heavy (non-hydrogen) atoms. The van der Waals surface area contributed by atoms with E-state index >= 15 is 0 Å². The number of benzene rings is 1. The summed E-state index contributed by atoms with van der Waals surface area (Å²) < 4.78 is 4.75. The van der Waals surface area contributed by atoms with Crippen molar-refractivity contribution >= 4 is 11.8 Å². The molecule has 0 saturated carbocycles. The molecule has 92 valence electrons. The summed E-state index contributed by atoms with van der Waals surface area (Å²) in [5, 5.41) is 0. The van der Waals surface area contributed by atoms with Crippen LogP contribution in [0.25, 0.3) is 0 Å². The van der Waals surface area contributed by atoms with Crippen molar-refractivity contribution in [3.05, 3.63) is 35.4 Å². The molecule has 0 unspecified atom stereocenters. The molecule has 1 rings (SSSR count). The fourth-order valence-corrected chi connectivity index (χ4v) is 1.42. The zero-order valence-corrected chi connectivity index (χ0v) is 10.1. The van der Waals surface area contributed by atoms with E-state index in [0.29, 0.717) is 12.2 Å². The Morgan fingerprint density at radius 3 is 2.41 bits per heavy atom. The van der Waals surface area contributed by atoms with Gasteiger partial charge >= 0.3 is 5.97 Å². The summed E-state index contributed by atoms with van der Waals surface area (Å²) in [4.78, 5) is 23.1. The third-order valence-corrected chi connectivity index (χ3v) is 2.36. The summed E-state index contributed by atoms with van der Waals surface area (Å²) in [6.45, 7) is 3.95. The standard InChI is InChI=1S/C13H17NO3/c1-3-17-12(15)8-11(14)13(16)10-6-4-9(2)5-7-10/h4-7,11H,3,8,14H2,1-2H3/t11-/m0/s1. The van der Waals surface area contributed by atoms with Gasteiger partial charge in [0.05, 0.1) is 19.1 Å². The maximum atomic E-state index is 11.9. The molecule has 1 aromatic rings. The van der Waals surface area contributed by atoms with Crippen LogP contribution in [0.5, 0.6) is 0 Å². The van der Waals surface area contributed by atoms with E-state index in [4.69, 9.17) is 10.5 Å². The van der Waals surface area contributed by atoms with Crippen molar-refractivity contribution in [1.82, 2.24) is 0 Å². The van der Waals surface area contributed by atoms with Gasteiger partial charge in [-0.25, -0.2) is 0 Å². The van der Waals surface area contributed by atoms with Crippen LogP contribution in [-0.4, -0.2) is 24.4 Å². The molecule has 0 aliphatic carbocycles. The average molecular weight is 235 g/mol. The normalized spacial score (nSPS) is 11.9. The van der Waals surface area contributed by atoms with Gasteiger partial charge in [-0.1, -0.05) is 29.8 Å². The van der Waals surface area contributed by atoms with Crippen molar-refractivity contribution in [1.29, 1.82) is 0 Å². The lowest BCUT2D eigenvalue weighted by molar-refractivity contribution is -0.143. The highest BCUT2D eigenvalue weighted by Crippen LogP contribution is 2.07. The molecule has 0 aliphatic rings. The molecule has 2 N–H and O–H groups in total. The Labute approximate surface area is 101 Å². The third kappa shape index (κ3) is 4.00. The zero-order chi connectivity index (χ0) is 12.8. The van der Waals surface area contributed by atoms with Crippen LogP contribution in [0.4, 0.5) is 0 Å². The molecular formula is C13H17NO3. The van der Waals surface area contributed by atoms with Gasteiger partial charge in [0.15, 0.2) is 5.78 Å². The number of rotatable bonds is 5. The van der Waals surface area contributed by atoms with E-state index in [1.165, 1.54) is 0 Å². The summed E-state index contributed by atoms with van der Waals surface area (Å²) in [6, 6.07) is 6.26. The number of hydrogen-bond acceptors (Lipinski definition) is 4. The Balaban J connectivity index is 2.63. The van der Waals surface area contributed by atoms with E-state index in [0.717, 1.165) is 5.56 Å². The second kappa shape index (κ2) is 6.15. The van der Waals surface area contributed by atoms with E-state index in [1.54, 1.807) is 19.1 Å². The molecule has 0 aromatic heterocycles. The van der Waals surface area contributed by atoms with E-state index in [1.807, 2.05) is 19.1 Å². The van der Waals surface area contributed by atoms with Gasteiger partial charge in [0.25, 0.3) is 0 Å². The van der Waals surface area contributed by atoms with Crippen LogP contribution < -0.4 is 5.73 Å². The van der Waals surface area contributed by atoms with Gasteiger partial charge in [0.2, 0.25) is 0 Å². The van der Waals surface area contributed by atoms with Crippen LogP contribution in [0.3, 0.4) is 0 Å². The number of ketones is 1. The maximum absolute atomic E-state index is 11.9. The average Bonchev–Trinajstić information content (AvgIpc) is 2.29. The molecule has 1 aromatic carbocycles. The predicted molar refractivity (Wildman–Crippen MR) is 64.7 cm³/mol. The first-order chi connectivity index (χ1) is 8.04. The quantitative estimate of drug-likeness (QED) is 0.619. The Kier molecular flexibility index (Phi) is 4.84. The molecule has 0 fully saturated rings. The van der Waals surface area contributed by atoms with Crippen molar-refractivity contribution in [2.75, 3.05) is 6.61 Å². The van der Waals surface area contributed by atoms with Gasteiger partial charge in [0, 0.05) is 5.56 Å². The lowest BCUT2D eigenvalue weighted by Gasteiger charge is -2.10. The molecule has 4 heteroatoms. The molecule has 0 spiro atoms. The molecule has 1 atom stereocenters. The Hall–Kier alpha value is -1.68. The summed E-state index contributed by atoms with van der Waals surface area (Å²) >= 11 is 0. The first kappa shape index (κ1) is 13.4. The lowest BCUT2D eigenvalue weighted by Crippen LogP contribution is -2.33. The second-order valence-electron chi connectivity index (χ2n) is 3.85. The Morgan fingerprint density at radius 1 is 1.29 bits per heavy atom. The van der Waals surface area contributed by atoms with E-state index in [9.17, 15) is 9.59 Å². The number of ether oxygens (including phenoxy) is 1. The maximum Gasteiger partial charge on any atom is 0.307 e. The number of aryl methyl sites for hydroxylation is 1. The first-order valence-electron chi connectivity index (χ1n) is 5.56. The third-order valence-electron chi connectivity index (χ3n) is 2.36. The van der Waals surface area contributed by atoms with Crippen LogP contribution in [0.15, 0.2) is 24.3 Å². The molecule has 0 aliphatic heterocycles. The number of Topliss-reactive ketones (excluding diaryl/α,β-unsaturated/α-hetero) is 1. The van der Waals surface area contributed by atoms with Gasteiger partial charge in [-0.3, -0.25) is 9.59 Å². The predicted octanol–water partition coefficient (Wildman–Crippen LogP) is 1.46. The van der Waals surface area contributed by atoms with Gasteiger partial charge in [-0.05, 0) is 13.8 Å². The number of esters is 1. The van der Waals surface area contributed by atoms with Crippen LogP contribution in [0, 0.1) is 6.92 Å². The number of hydrogen-bond donors (Lipinski definition) is 1. The lowest BCUT2D eigenvalue weighted by atomic mass is 10.0. The Morgan fingerprint density at radius 2 is 1.88 bits per heavy atom. The topological polar surface area (TPSA) is 69.4 Å². The summed E-state index contributed by atoms with van der Waals surface area (Å²) in [5.74, 6) is -0.682. The molecule has 0 saturated heterocycles. The van der Waals surface area contributed by atoms with Crippen LogP contribution in [0.2, 0.25) is 0 Å². The van der Waals surface area contributed by atoms with Crippen molar-refractivity contribution in [3.63, 3.8) is 0 Å². The molecule has 0 bridgehead atoms. The molecular weight excluding hydrogens is 218 g/mol. The molecule has 0 radical (unpaired) electrons. The van der Waals surface area contributed by atoms with Crippen LogP contribution in [-0.2, 0) is 9.53 Å². The summed E-state index contributed by atoms with van der Waals surface area (Å²) in [6.07, 6.45) is -0.0828. The summed E-state index contributed by atoms with van der Waals surface area (Å²) in [5.41, 5.74) is 7.26. The highest BCUT2D eigenvalue weighted by Gasteiger charge is 2.19. The number of carbonyl (C=O) groups excluding carboxylic acids is 2. The highest BCUT2D eigenvalue weighted by atomic mass is 16.5. The molecule has 0 amide bonds. The minimum atomic E-state index is -0.836. The first-order valence-corrected chi connectivity index (χ1v) is 5.56. The van der Waals surface area contributed by atoms with Crippen molar-refractivity contribution < 1.29 is 14.3 Å². The van der Waals surface area contributed by atoms with E-state index < -0.39 is 12.0 Å². The van der Waals surface area contributed by atoms with Gasteiger partial charge in [-0.15, -0.1) is 0 Å². The molecule has 0 heterocycles. The summed E-state index contributed by atoms with van der Waals surface area (Å²) in [7, 11) is 0. The molecule has 4 nitrogen and oxygen atoms in total. The Bertz CT molecular complexity index is 398. The largest absolute Gasteiger partial charge is 0.466 e. The number of nitrogens with two attached hydrogens (primary N) is 1. The van der Waals surface area contributed by atoms with E-state index in [-0.39, 0.29) is 12.2 Å². The van der Waals surface area contributed by atoms with Crippen molar-refractivity contribution in [3.8, 4) is 0 Å². The monoisotopic (exact) mass is 235 g/mol. The minimum Gasteiger partial charge on any atom is -0.466 e. The van der Waals surface area contributed by atoms with Crippen LogP contribution in [0.1, 0.15) is 29.3 Å².